The van der Waals surface area contributed by atoms with Crippen LogP contribution in [-0.4, -0.2) is 18.8 Å². The van der Waals surface area contributed by atoms with Crippen molar-refractivity contribution in [1.29, 1.82) is 0 Å². The fraction of sp³-hybridized carbons (Fsp3) is 0.263. The van der Waals surface area contributed by atoms with E-state index < -0.39 is 0 Å². The molecular weight excluding hydrogens is 304 g/mol. The summed E-state index contributed by atoms with van der Waals surface area (Å²) in [6.45, 7) is 4.52. The van der Waals surface area contributed by atoms with Gasteiger partial charge in [-0.3, -0.25) is 0 Å². The van der Waals surface area contributed by atoms with Crippen molar-refractivity contribution in [3.05, 3.63) is 59.2 Å². The van der Waals surface area contributed by atoms with E-state index in [1.54, 1.807) is 13.2 Å². The van der Waals surface area contributed by atoms with E-state index in [-0.39, 0.29) is 11.8 Å². The predicted octanol–water partition coefficient (Wildman–Crippen LogP) is 3.30. The van der Waals surface area contributed by atoms with E-state index >= 15 is 0 Å². The first-order valence-corrected chi connectivity index (χ1v) is 7.96. The maximum atomic E-state index is 10.1. The first-order valence-electron chi connectivity index (χ1n) is 7.96. The van der Waals surface area contributed by atoms with Crippen molar-refractivity contribution >= 4 is 5.70 Å². The third-order valence-corrected chi connectivity index (χ3v) is 3.98. The zero-order chi connectivity index (χ0) is 17.1. The highest BCUT2D eigenvalue weighted by atomic mass is 16.5. The molecule has 2 aromatic rings. The van der Waals surface area contributed by atoms with Crippen LogP contribution in [0.25, 0.3) is 5.70 Å². The molecule has 24 heavy (non-hydrogen) atoms. The molecule has 0 aliphatic carbocycles. The summed E-state index contributed by atoms with van der Waals surface area (Å²) in [5.41, 5.74) is 10.2. The van der Waals surface area contributed by atoms with Crippen molar-refractivity contribution in [2.75, 3.05) is 13.7 Å². The molecule has 5 nitrogen and oxygen atoms in total. The lowest BCUT2D eigenvalue weighted by Crippen LogP contribution is -2.26. The van der Waals surface area contributed by atoms with E-state index in [9.17, 15) is 5.11 Å². The summed E-state index contributed by atoms with van der Waals surface area (Å²) in [6.07, 6.45) is 2.05. The second-order valence-corrected chi connectivity index (χ2v) is 5.69. The minimum Gasteiger partial charge on any atom is -0.507 e. The van der Waals surface area contributed by atoms with Gasteiger partial charge in [0.2, 0.25) is 0 Å². The summed E-state index contributed by atoms with van der Waals surface area (Å²) >= 11 is 0. The highest BCUT2D eigenvalue weighted by Gasteiger charge is 2.20. The summed E-state index contributed by atoms with van der Waals surface area (Å²) in [4.78, 5) is 0. The molecule has 1 aliphatic heterocycles. The predicted molar refractivity (Wildman–Crippen MR) is 94.0 cm³/mol. The molecule has 1 unspecified atom stereocenters. The van der Waals surface area contributed by atoms with Crippen LogP contribution in [0, 0.1) is 6.92 Å². The van der Waals surface area contributed by atoms with Gasteiger partial charge in [-0.1, -0.05) is 17.7 Å². The van der Waals surface area contributed by atoms with Gasteiger partial charge in [0, 0.05) is 5.56 Å². The van der Waals surface area contributed by atoms with Crippen LogP contribution >= 0.6 is 0 Å². The Morgan fingerprint density at radius 1 is 1.12 bits per heavy atom. The average Bonchev–Trinajstić information content (AvgIpc) is 3.07. The number of aromatic hydroxyl groups is 1. The molecule has 1 atom stereocenters. The van der Waals surface area contributed by atoms with Crippen LogP contribution in [0.3, 0.4) is 0 Å². The van der Waals surface area contributed by atoms with E-state index in [1.807, 2.05) is 50.3 Å². The minimum absolute atomic E-state index is 0.0231. The van der Waals surface area contributed by atoms with Gasteiger partial charge in [0.25, 0.3) is 0 Å². The van der Waals surface area contributed by atoms with Gasteiger partial charge >= 0.3 is 0 Å². The zero-order valence-electron chi connectivity index (χ0n) is 14.1. The number of methoxy groups -OCH3 is 1. The molecule has 0 aromatic heterocycles. The highest BCUT2D eigenvalue weighted by molar-refractivity contribution is 5.71. The first-order chi connectivity index (χ1) is 11.6. The molecule has 0 bridgehead atoms. The third kappa shape index (κ3) is 3.16. The largest absolute Gasteiger partial charge is 0.507 e. The number of hydrogen-bond donors (Lipinski definition) is 3. The summed E-state index contributed by atoms with van der Waals surface area (Å²) in [6, 6.07) is 11.4. The SMILES string of the molecule is CCOc1cc(C2C=C(c3cc(C)ccc3O)NN2)ccc1OC. The Labute approximate surface area is 141 Å². The molecule has 5 heteroatoms. The zero-order valence-corrected chi connectivity index (χ0v) is 14.1. The standard InChI is InChI=1S/C19H22N2O3/c1-4-24-19-10-13(6-8-18(19)23-3)15-11-16(21-20-15)14-9-12(2)5-7-17(14)22/h5-11,15,20-22H,4H2,1-3H3. The molecule has 0 radical (unpaired) electrons. The highest BCUT2D eigenvalue weighted by Crippen LogP contribution is 2.34. The van der Waals surface area contributed by atoms with Crippen molar-refractivity contribution in [3.63, 3.8) is 0 Å². The van der Waals surface area contributed by atoms with Crippen molar-refractivity contribution in [2.24, 2.45) is 0 Å². The van der Waals surface area contributed by atoms with E-state index in [2.05, 4.69) is 10.9 Å². The van der Waals surface area contributed by atoms with E-state index in [0.717, 1.165) is 28.1 Å². The van der Waals surface area contributed by atoms with E-state index in [4.69, 9.17) is 9.47 Å². The molecular formula is C19H22N2O3. The Morgan fingerprint density at radius 3 is 2.71 bits per heavy atom. The van der Waals surface area contributed by atoms with Gasteiger partial charge in [-0.15, -0.1) is 0 Å². The van der Waals surface area contributed by atoms with Crippen molar-refractivity contribution < 1.29 is 14.6 Å². The Hall–Kier alpha value is -2.66. The topological polar surface area (TPSA) is 62.8 Å². The Morgan fingerprint density at radius 2 is 1.96 bits per heavy atom. The van der Waals surface area contributed by atoms with Crippen molar-refractivity contribution in [2.45, 2.75) is 19.9 Å². The van der Waals surface area contributed by atoms with E-state index in [0.29, 0.717) is 12.4 Å². The van der Waals surface area contributed by atoms with Crippen LogP contribution in [0.1, 0.15) is 29.7 Å². The molecule has 1 aliphatic rings. The summed E-state index contributed by atoms with van der Waals surface area (Å²) in [5, 5.41) is 10.1. The molecule has 0 fully saturated rings. The third-order valence-electron chi connectivity index (χ3n) is 3.98. The van der Waals surface area contributed by atoms with Crippen LogP contribution in [0.4, 0.5) is 0 Å². The van der Waals surface area contributed by atoms with Gasteiger partial charge in [-0.2, -0.15) is 0 Å². The quantitative estimate of drug-likeness (QED) is 0.787. The lowest BCUT2D eigenvalue weighted by molar-refractivity contribution is 0.310. The number of aryl methyl sites for hydroxylation is 1. The number of phenolic OH excluding ortho intramolecular Hbond substituents is 1. The first kappa shape index (κ1) is 16.2. The van der Waals surface area contributed by atoms with Crippen molar-refractivity contribution in [3.8, 4) is 17.2 Å². The Balaban J connectivity index is 1.90. The number of ether oxygens (including phenoxy) is 2. The monoisotopic (exact) mass is 326 g/mol. The Kier molecular flexibility index (Phi) is 4.62. The average molecular weight is 326 g/mol. The number of rotatable bonds is 5. The van der Waals surface area contributed by atoms with Gasteiger partial charge in [0.05, 0.1) is 25.5 Å². The summed E-state index contributed by atoms with van der Waals surface area (Å²) < 4.78 is 11.0. The fourth-order valence-corrected chi connectivity index (χ4v) is 2.76. The lowest BCUT2D eigenvalue weighted by Gasteiger charge is -2.14. The maximum Gasteiger partial charge on any atom is 0.161 e. The second kappa shape index (κ2) is 6.84. The van der Waals surface area contributed by atoms with Crippen LogP contribution in [0.5, 0.6) is 17.2 Å². The number of hydrogen-bond acceptors (Lipinski definition) is 5. The van der Waals surface area contributed by atoms with Gasteiger partial charge in [0.15, 0.2) is 11.5 Å². The number of nitrogens with one attached hydrogen (secondary N) is 2. The van der Waals surface area contributed by atoms with Crippen LogP contribution in [0.15, 0.2) is 42.5 Å². The smallest absolute Gasteiger partial charge is 0.161 e. The molecule has 1 heterocycles. The maximum absolute atomic E-state index is 10.1. The fourth-order valence-electron chi connectivity index (χ4n) is 2.76. The Bertz CT molecular complexity index is 771. The normalized spacial score (nSPS) is 16.5. The minimum atomic E-state index is -0.0231. The van der Waals surface area contributed by atoms with Gasteiger partial charge in [-0.25, -0.2) is 5.43 Å². The molecule has 3 rings (SSSR count). The molecule has 0 amide bonds. The molecule has 126 valence electrons. The molecule has 3 N–H and O–H groups in total. The number of hydrazine groups is 1. The van der Waals surface area contributed by atoms with E-state index in [1.165, 1.54) is 0 Å². The molecule has 0 saturated carbocycles. The van der Waals surface area contributed by atoms with Crippen LogP contribution in [-0.2, 0) is 0 Å². The number of phenols is 1. The van der Waals surface area contributed by atoms with Crippen molar-refractivity contribution in [1.82, 2.24) is 10.9 Å². The van der Waals surface area contributed by atoms with Crippen LogP contribution < -0.4 is 20.3 Å². The summed E-state index contributed by atoms with van der Waals surface area (Å²) in [5.74, 6) is 1.69. The molecule has 2 aromatic carbocycles. The van der Waals surface area contributed by atoms with Gasteiger partial charge in [-0.05, 0) is 49.8 Å². The summed E-state index contributed by atoms with van der Waals surface area (Å²) in [7, 11) is 1.63. The van der Waals surface area contributed by atoms with Gasteiger partial charge < -0.3 is 20.0 Å². The molecule has 0 saturated heterocycles. The second-order valence-electron chi connectivity index (χ2n) is 5.69. The molecule has 0 spiro atoms. The van der Waals surface area contributed by atoms with Gasteiger partial charge in [0.1, 0.15) is 5.75 Å². The lowest BCUT2D eigenvalue weighted by atomic mass is 10.0. The number of benzene rings is 2. The van der Waals surface area contributed by atoms with Crippen LogP contribution in [0.2, 0.25) is 0 Å².